The van der Waals surface area contributed by atoms with Crippen molar-refractivity contribution in [1.82, 2.24) is 14.7 Å². The number of rotatable bonds is 5. The molecule has 2 aromatic rings. The summed E-state index contributed by atoms with van der Waals surface area (Å²) in [6, 6.07) is 5.33. The van der Waals surface area contributed by atoms with E-state index in [1.165, 1.54) is 0 Å². The van der Waals surface area contributed by atoms with Crippen LogP contribution < -0.4 is 10.6 Å². The van der Waals surface area contributed by atoms with E-state index >= 15 is 0 Å². The molecule has 0 aliphatic carbocycles. The van der Waals surface area contributed by atoms with Gasteiger partial charge in [-0.05, 0) is 12.1 Å². The number of anilines is 1. The van der Waals surface area contributed by atoms with Gasteiger partial charge in [0, 0.05) is 29.6 Å². The topological polar surface area (TPSA) is 126 Å². The Labute approximate surface area is 182 Å². The van der Waals surface area contributed by atoms with Gasteiger partial charge in [-0.3, -0.25) is 14.3 Å². The lowest BCUT2D eigenvalue weighted by molar-refractivity contribution is -0.137. The van der Waals surface area contributed by atoms with Gasteiger partial charge in [0.15, 0.2) is 5.72 Å². The molecule has 3 N–H and O–H groups in total. The van der Waals surface area contributed by atoms with Crippen LogP contribution in [-0.2, 0) is 20.9 Å². The second-order valence-electron chi connectivity index (χ2n) is 7.52. The van der Waals surface area contributed by atoms with E-state index in [4.69, 9.17) is 27.2 Å². The molecule has 1 aromatic carbocycles. The zero-order valence-corrected chi connectivity index (χ0v) is 17.1. The summed E-state index contributed by atoms with van der Waals surface area (Å²) in [6.07, 6.45) is 4.95. The molecule has 1 unspecified atom stereocenters. The van der Waals surface area contributed by atoms with Gasteiger partial charge in [-0.15, -0.1) is 0 Å². The van der Waals surface area contributed by atoms with E-state index < -0.39 is 11.7 Å². The second-order valence-corrected chi connectivity index (χ2v) is 7.93. The number of nitrogens with zero attached hydrogens (tertiary/aromatic N) is 5. The Bertz CT molecular complexity index is 1160. The fourth-order valence-corrected chi connectivity index (χ4v) is 4.24. The van der Waals surface area contributed by atoms with E-state index in [0.29, 0.717) is 36.0 Å². The summed E-state index contributed by atoms with van der Waals surface area (Å²) in [5, 5.41) is 13.4. The Kier molecular flexibility index (Phi) is 4.49. The fourth-order valence-electron chi connectivity index (χ4n) is 3.96. The zero-order valence-electron chi connectivity index (χ0n) is 16.4. The van der Waals surface area contributed by atoms with Gasteiger partial charge in [0.25, 0.3) is 5.91 Å². The average Bonchev–Trinajstić information content (AvgIpc) is 3.30. The van der Waals surface area contributed by atoms with E-state index in [0.717, 1.165) is 11.1 Å². The number of ether oxygens (including phenoxy) is 1. The molecule has 2 fully saturated rings. The quantitative estimate of drug-likeness (QED) is 0.667. The molecule has 4 heterocycles. The number of carboxylic acid groups (broad SMARTS) is 1. The molecular weight excluding hydrogens is 424 g/mol. The van der Waals surface area contributed by atoms with E-state index in [9.17, 15) is 9.59 Å². The number of aryl methyl sites for hydroxylation is 1. The zero-order chi connectivity index (χ0) is 21.8. The maximum absolute atomic E-state index is 13.3. The summed E-state index contributed by atoms with van der Waals surface area (Å²) in [4.78, 5) is 31.6. The summed E-state index contributed by atoms with van der Waals surface area (Å²) in [5.41, 5.74) is 7.70. The Morgan fingerprint density at radius 2 is 2.23 bits per heavy atom. The number of carboxylic acids is 1. The van der Waals surface area contributed by atoms with Crippen molar-refractivity contribution in [3.63, 3.8) is 0 Å². The summed E-state index contributed by atoms with van der Waals surface area (Å²) < 4.78 is 7.53. The number of carbonyl (C=O) groups excluding carboxylic acids is 1. The number of amides is 1. The number of aromatic nitrogens is 2. The Balaban J connectivity index is 1.42. The van der Waals surface area contributed by atoms with E-state index in [1.54, 1.807) is 40.4 Å². The molecule has 160 valence electrons. The summed E-state index contributed by atoms with van der Waals surface area (Å²) in [7, 11) is 0. The minimum absolute atomic E-state index is 0.0190. The van der Waals surface area contributed by atoms with Gasteiger partial charge in [0.2, 0.25) is 0 Å². The first-order chi connectivity index (χ1) is 14.9. The first-order valence-electron chi connectivity index (χ1n) is 9.70. The summed E-state index contributed by atoms with van der Waals surface area (Å²) >= 11 is 6.54. The lowest BCUT2D eigenvalue weighted by atomic mass is 10.1. The number of halogens is 1. The van der Waals surface area contributed by atoms with Gasteiger partial charge in [-0.25, -0.2) is 4.99 Å². The first kappa shape index (κ1) is 19.6. The van der Waals surface area contributed by atoms with E-state index in [1.807, 2.05) is 11.0 Å². The molecule has 0 saturated carbocycles. The molecule has 10 nitrogen and oxygen atoms in total. The largest absolute Gasteiger partial charge is 0.481 e. The highest BCUT2D eigenvalue weighted by molar-refractivity contribution is 6.33. The number of aliphatic imine (C=N–C) groups is 1. The van der Waals surface area contributed by atoms with Crippen molar-refractivity contribution in [3.05, 3.63) is 47.0 Å². The first-order valence-corrected chi connectivity index (χ1v) is 10.1. The van der Waals surface area contributed by atoms with Crippen molar-refractivity contribution in [2.24, 2.45) is 10.7 Å². The van der Waals surface area contributed by atoms with Crippen molar-refractivity contribution in [3.8, 4) is 11.1 Å². The minimum atomic E-state index is -0.888. The number of nitrogens with two attached hydrogens (primary N) is 1. The highest BCUT2D eigenvalue weighted by Gasteiger charge is 2.62. The average molecular weight is 443 g/mol. The van der Waals surface area contributed by atoms with Crippen LogP contribution in [0.1, 0.15) is 6.42 Å². The third-order valence-corrected chi connectivity index (χ3v) is 5.92. The molecule has 0 radical (unpaired) electrons. The van der Waals surface area contributed by atoms with Crippen LogP contribution >= 0.6 is 11.6 Å². The molecule has 1 aromatic heterocycles. The second kappa shape index (κ2) is 7.10. The Hall–Kier alpha value is -3.37. The van der Waals surface area contributed by atoms with Crippen molar-refractivity contribution in [2.75, 3.05) is 24.6 Å². The molecule has 1 spiro atoms. The molecule has 11 heteroatoms. The lowest BCUT2D eigenvalue weighted by Crippen LogP contribution is -2.38. The molecule has 2 saturated heterocycles. The van der Waals surface area contributed by atoms with Gasteiger partial charge in [0.1, 0.15) is 11.4 Å². The minimum Gasteiger partial charge on any atom is -0.481 e. The van der Waals surface area contributed by atoms with Gasteiger partial charge in [-0.2, -0.15) is 5.10 Å². The molecule has 3 aliphatic heterocycles. The fraction of sp³-hybridized carbons (Fsp3) is 0.300. The lowest BCUT2D eigenvalue weighted by Gasteiger charge is -2.24. The van der Waals surface area contributed by atoms with Crippen LogP contribution in [-0.4, -0.2) is 63.4 Å². The number of hydrogen-bond acceptors (Lipinski definition) is 7. The van der Waals surface area contributed by atoms with Crippen LogP contribution in [0.3, 0.4) is 0 Å². The molecule has 1 amide bonds. The predicted octanol–water partition coefficient (Wildman–Crippen LogP) is 1.27. The van der Waals surface area contributed by atoms with Crippen LogP contribution in [0, 0.1) is 0 Å². The van der Waals surface area contributed by atoms with E-state index in [-0.39, 0.29) is 24.7 Å². The van der Waals surface area contributed by atoms with Crippen molar-refractivity contribution < 1.29 is 19.4 Å². The van der Waals surface area contributed by atoms with Crippen LogP contribution in [0.25, 0.3) is 11.1 Å². The molecule has 5 rings (SSSR count). The van der Waals surface area contributed by atoms with Crippen molar-refractivity contribution in [1.29, 1.82) is 0 Å². The molecule has 31 heavy (non-hydrogen) atoms. The van der Waals surface area contributed by atoms with Gasteiger partial charge >= 0.3 is 5.97 Å². The number of hydrogen-bond donors (Lipinski definition) is 2. The van der Waals surface area contributed by atoms with Crippen LogP contribution in [0.4, 0.5) is 5.69 Å². The number of benzene rings is 1. The van der Waals surface area contributed by atoms with Crippen molar-refractivity contribution in [2.45, 2.75) is 18.7 Å². The summed E-state index contributed by atoms with van der Waals surface area (Å²) in [6.45, 7) is 1.53. The maximum atomic E-state index is 13.3. The monoisotopic (exact) mass is 442 g/mol. The van der Waals surface area contributed by atoms with Gasteiger partial charge < -0.3 is 25.4 Å². The number of aliphatic carboxylic acids is 1. The summed E-state index contributed by atoms with van der Waals surface area (Å²) in [5.74, 6) is -0.970. The predicted molar refractivity (Wildman–Crippen MR) is 112 cm³/mol. The molecule has 0 bridgehead atoms. The Morgan fingerprint density at radius 3 is 3.00 bits per heavy atom. The SMILES string of the molecule is NC1=C2C(=O)N(c3ccc(-c4cnn(CCC(=O)O)c4)c(Cl)c3)CCOC23CN3C=N1. The van der Waals surface area contributed by atoms with Crippen LogP contribution in [0.2, 0.25) is 5.02 Å². The highest BCUT2D eigenvalue weighted by Crippen LogP contribution is 2.45. The Morgan fingerprint density at radius 1 is 1.39 bits per heavy atom. The normalized spacial score (nSPS) is 22.3. The third-order valence-electron chi connectivity index (χ3n) is 5.61. The molecule has 3 aliphatic rings. The van der Waals surface area contributed by atoms with E-state index in [2.05, 4.69) is 10.1 Å². The highest BCUT2D eigenvalue weighted by atomic mass is 35.5. The third kappa shape index (κ3) is 3.24. The van der Waals surface area contributed by atoms with Gasteiger partial charge in [0.05, 0.1) is 43.7 Å². The van der Waals surface area contributed by atoms with Crippen LogP contribution in [0.5, 0.6) is 0 Å². The maximum Gasteiger partial charge on any atom is 0.305 e. The molecular formula is C20H19ClN6O4. The van der Waals surface area contributed by atoms with Crippen LogP contribution in [0.15, 0.2) is 47.0 Å². The smallest absolute Gasteiger partial charge is 0.305 e. The van der Waals surface area contributed by atoms with Gasteiger partial charge in [-0.1, -0.05) is 17.7 Å². The standard InChI is InChI=1S/C20H19ClN6O4/c21-15-7-13(1-2-14(15)12-8-24-26(9-12)4-3-16(28)29)27-5-6-31-20-10-25(20)11-23-18(22)17(20)19(27)30/h1-2,7-9,11H,3-6,10,22H2,(H,28,29). The molecule has 1 atom stereocenters. The van der Waals surface area contributed by atoms with Crippen molar-refractivity contribution >= 4 is 35.5 Å². The number of carbonyl (C=O) groups is 2.